The molecule has 1 saturated heterocycles. The molecule has 0 aromatic heterocycles. The van der Waals surface area contributed by atoms with Gasteiger partial charge in [0.05, 0.1) is 11.4 Å². The second kappa shape index (κ2) is 5.93. The highest BCUT2D eigenvalue weighted by molar-refractivity contribution is 5.96. The molecule has 0 saturated carbocycles. The van der Waals surface area contributed by atoms with Crippen LogP contribution in [0.2, 0.25) is 0 Å². The van der Waals surface area contributed by atoms with E-state index in [2.05, 4.69) is 22.0 Å². The number of hydrogen-bond donors (Lipinski definition) is 2. The second-order valence-corrected chi connectivity index (χ2v) is 4.77. The third kappa shape index (κ3) is 2.98. The molecule has 0 unspecified atom stereocenters. The van der Waals surface area contributed by atoms with Crippen molar-refractivity contribution in [3.05, 3.63) is 23.8 Å². The summed E-state index contributed by atoms with van der Waals surface area (Å²) < 4.78 is 0. The summed E-state index contributed by atoms with van der Waals surface area (Å²) in [4.78, 5) is 16.3. The van der Waals surface area contributed by atoms with Gasteiger partial charge in [-0.2, -0.15) is 0 Å². The minimum atomic E-state index is -0.0755. The highest BCUT2D eigenvalue weighted by Crippen LogP contribution is 2.25. The molecule has 5 heteroatoms. The Labute approximate surface area is 114 Å². The topological polar surface area (TPSA) is 61.6 Å². The van der Waals surface area contributed by atoms with Gasteiger partial charge in [-0.25, -0.2) is 0 Å². The molecule has 5 nitrogen and oxygen atoms in total. The first-order valence-electron chi connectivity index (χ1n) is 6.74. The number of hydrogen-bond acceptors (Lipinski definition) is 4. The molecule has 0 bridgehead atoms. The molecule has 1 aliphatic heterocycles. The van der Waals surface area contributed by atoms with Crippen LogP contribution in [0.4, 0.5) is 11.4 Å². The van der Waals surface area contributed by atoms with Gasteiger partial charge in [0.15, 0.2) is 0 Å². The quantitative estimate of drug-likeness (QED) is 0.790. The largest absolute Gasteiger partial charge is 0.397 e. The van der Waals surface area contributed by atoms with Crippen molar-refractivity contribution in [3.63, 3.8) is 0 Å². The SMILES string of the molecule is CCN1CCN(c2cc(C(=O)NC)ccc2N)CC1. The number of carbonyl (C=O) groups excluding carboxylic acids is 1. The normalized spacial score (nSPS) is 16.4. The highest BCUT2D eigenvalue weighted by Gasteiger charge is 2.18. The smallest absolute Gasteiger partial charge is 0.251 e. The van der Waals surface area contributed by atoms with Crippen LogP contribution in [0.25, 0.3) is 0 Å². The third-order valence-corrected chi connectivity index (χ3v) is 3.68. The second-order valence-electron chi connectivity index (χ2n) is 4.77. The third-order valence-electron chi connectivity index (χ3n) is 3.68. The zero-order valence-corrected chi connectivity index (χ0v) is 11.6. The summed E-state index contributed by atoms with van der Waals surface area (Å²) in [5, 5.41) is 2.64. The lowest BCUT2D eigenvalue weighted by Crippen LogP contribution is -2.46. The van der Waals surface area contributed by atoms with E-state index < -0.39 is 0 Å². The van der Waals surface area contributed by atoms with E-state index in [4.69, 9.17) is 5.73 Å². The number of rotatable bonds is 3. The summed E-state index contributed by atoms with van der Waals surface area (Å²) in [5.74, 6) is -0.0755. The minimum Gasteiger partial charge on any atom is -0.397 e. The van der Waals surface area contributed by atoms with E-state index in [1.807, 2.05) is 12.1 Å². The Balaban J connectivity index is 2.17. The molecule has 1 heterocycles. The lowest BCUT2D eigenvalue weighted by Gasteiger charge is -2.36. The predicted octanol–water partition coefficient (Wildman–Crippen LogP) is 0.770. The molecule has 19 heavy (non-hydrogen) atoms. The Bertz CT molecular complexity index is 453. The van der Waals surface area contributed by atoms with Crippen molar-refractivity contribution in [2.75, 3.05) is 50.4 Å². The van der Waals surface area contributed by atoms with E-state index in [0.717, 1.165) is 44.1 Å². The average Bonchev–Trinajstić information content (AvgIpc) is 2.47. The molecule has 0 radical (unpaired) electrons. The van der Waals surface area contributed by atoms with Crippen molar-refractivity contribution in [2.45, 2.75) is 6.92 Å². The van der Waals surface area contributed by atoms with E-state index in [1.54, 1.807) is 13.1 Å². The highest BCUT2D eigenvalue weighted by atomic mass is 16.1. The van der Waals surface area contributed by atoms with Crippen LogP contribution in [0.1, 0.15) is 17.3 Å². The number of piperazine rings is 1. The Morgan fingerprint density at radius 3 is 2.58 bits per heavy atom. The molecule has 1 aliphatic rings. The van der Waals surface area contributed by atoms with Crippen LogP contribution in [0, 0.1) is 0 Å². The van der Waals surface area contributed by atoms with Crippen LogP contribution in [-0.2, 0) is 0 Å². The summed E-state index contributed by atoms with van der Waals surface area (Å²) in [6.45, 7) is 7.25. The zero-order valence-electron chi connectivity index (χ0n) is 11.6. The van der Waals surface area contributed by atoms with Crippen molar-refractivity contribution in [3.8, 4) is 0 Å². The lowest BCUT2D eigenvalue weighted by molar-refractivity contribution is 0.0963. The lowest BCUT2D eigenvalue weighted by atomic mass is 10.1. The van der Waals surface area contributed by atoms with Gasteiger partial charge in [0.25, 0.3) is 5.91 Å². The van der Waals surface area contributed by atoms with E-state index in [1.165, 1.54) is 0 Å². The van der Waals surface area contributed by atoms with Crippen molar-refractivity contribution >= 4 is 17.3 Å². The van der Waals surface area contributed by atoms with E-state index >= 15 is 0 Å². The maximum Gasteiger partial charge on any atom is 0.251 e. The van der Waals surface area contributed by atoms with Crippen LogP contribution >= 0.6 is 0 Å². The Morgan fingerprint density at radius 1 is 1.32 bits per heavy atom. The van der Waals surface area contributed by atoms with Gasteiger partial charge in [-0.1, -0.05) is 6.92 Å². The van der Waals surface area contributed by atoms with Crippen LogP contribution in [0.5, 0.6) is 0 Å². The molecule has 0 atom stereocenters. The molecule has 0 spiro atoms. The fourth-order valence-electron chi connectivity index (χ4n) is 2.41. The number of amides is 1. The van der Waals surface area contributed by atoms with Crippen molar-refractivity contribution in [1.29, 1.82) is 0 Å². The monoisotopic (exact) mass is 262 g/mol. The van der Waals surface area contributed by atoms with E-state index in [9.17, 15) is 4.79 Å². The molecule has 1 aromatic carbocycles. The number of benzene rings is 1. The molecule has 3 N–H and O–H groups in total. The standard InChI is InChI=1S/C14H22N4O/c1-3-17-6-8-18(9-7-17)13-10-11(14(19)16-2)4-5-12(13)15/h4-5,10H,3,6-9,15H2,1-2H3,(H,16,19). The predicted molar refractivity (Wildman–Crippen MR) is 78.6 cm³/mol. The zero-order chi connectivity index (χ0) is 13.8. The minimum absolute atomic E-state index is 0.0755. The number of nitrogens with one attached hydrogen (secondary N) is 1. The maximum absolute atomic E-state index is 11.7. The van der Waals surface area contributed by atoms with Gasteiger partial charge >= 0.3 is 0 Å². The number of nitrogens with two attached hydrogens (primary N) is 1. The van der Waals surface area contributed by atoms with Crippen molar-refractivity contribution in [1.82, 2.24) is 10.2 Å². The molecule has 2 rings (SSSR count). The summed E-state index contributed by atoms with van der Waals surface area (Å²) in [6, 6.07) is 5.46. The van der Waals surface area contributed by atoms with Crippen LogP contribution in [0.15, 0.2) is 18.2 Å². The number of nitrogens with zero attached hydrogens (tertiary/aromatic N) is 2. The summed E-state index contributed by atoms with van der Waals surface area (Å²) in [5.41, 5.74) is 8.40. The van der Waals surface area contributed by atoms with E-state index in [-0.39, 0.29) is 5.91 Å². The van der Waals surface area contributed by atoms with Gasteiger partial charge < -0.3 is 20.9 Å². The van der Waals surface area contributed by atoms with Crippen LogP contribution in [-0.4, -0.2) is 50.6 Å². The van der Waals surface area contributed by atoms with Gasteiger partial charge in [-0.05, 0) is 24.7 Å². The first-order chi connectivity index (χ1) is 9.15. The van der Waals surface area contributed by atoms with Crippen LogP contribution in [0.3, 0.4) is 0 Å². The maximum atomic E-state index is 11.7. The van der Waals surface area contributed by atoms with E-state index in [0.29, 0.717) is 5.56 Å². The number of carbonyl (C=O) groups is 1. The van der Waals surface area contributed by atoms with Gasteiger partial charge in [0, 0.05) is 38.8 Å². The molecule has 1 fully saturated rings. The summed E-state index contributed by atoms with van der Waals surface area (Å²) >= 11 is 0. The molecular formula is C14H22N4O. The number of anilines is 2. The van der Waals surface area contributed by atoms with Crippen LogP contribution < -0.4 is 16.0 Å². The molecule has 104 valence electrons. The fourth-order valence-corrected chi connectivity index (χ4v) is 2.41. The Morgan fingerprint density at radius 2 is 2.00 bits per heavy atom. The van der Waals surface area contributed by atoms with Crippen molar-refractivity contribution < 1.29 is 4.79 Å². The first kappa shape index (κ1) is 13.7. The molecular weight excluding hydrogens is 240 g/mol. The van der Waals surface area contributed by atoms with Gasteiger partial charge in [0.1, 0.15) is 0 Å². The fraction of sp³-hybridized carbons (Fsp3) is 0.500. The Hall–Kier alpha value is -1.75. The number of likely N-dealkylation sites (N-methyl/N-ethyl adjacent to an activating group) is 1. The molecule has 1 aromatic rings. The van der Waals surface area contributed by atoms with Gasteiger partial charge in [-0.3, -0.25) is 4.79 Å². The molecule has 0 aliphatic carbocycles. The first-order valence-corrected chi connectivity index (χ1v) is 6.74. The van der Waals surface area contributed by atoms with Gasteiger partial charge in [-0.15, -0.1) is 0 Å². The van der Waals surface area contributed by atoms with Gasteiger partial charge in [0.2, 0.25) is 0 Å². The summed E-state index contributed by atoms with van der Waals surface area (Å²) in [7, 11) is 1.64. The summed E-state index contributed by atoms with van der Waals surface area (Å²) in [6.07, 6.45) is 0. The number of nitrogen functional groups attached to an aromatic ring is 1. The van der Waals surface area contributed by atoms with Crippen molar-refractivity contribution in [2.24, 2.45) is 0 Å². The average molecular weight is 262 g/mol. The molecule has 1 amide bonds. The Kier molecular flexibility index (Phi) is 4.27.